The van der Waals surface area contributed by atoms with Crippen LogP contribution in [0.15, 0.2) is 0 Å². The third kappa shape index (κ3) is 5.65. The molecule has 0 heterocycles. The van der Waals surface area contributed by atoms with Crippen molar-refractivity contribution in [1.82, 2.24) is 0 Å². The molecule has 5 heteroatoms. The van der Waals surface area contributed by atoms with Gasteiger partial charge in [-0.15, -0.1) is 0 Å². The summed E-state index contributed by atoms with van der Waals surface area (Å²) in [6, 6.07) is 0. The predicted octanol–water partition coefficient (Wildman–Crippen LogP) is 0.425. The molecular formula is C2H2O4Ti. The van der Waals surface area contributed by atoms with Gasteiger partial charge in [0.2, 0.25) is 0 Å². The molecule has 0 aliphatic rings. The monoisotopic (exact) mass is 138 g/mol. The maximum atomic E-state index is 9.48. The van der Waals surface area contributed by atoms with Gasteiger partial charge in [0, 0.05) is 0 Å². The van der Waals surface area contributed by atoms with Gasteiger partial charge in [-0.2, -0.15) is 0 Å². The molecule has 4 nitrogen and oxygen atoms in total. The van der Waals surface area contributed by atoms with Crippen LogP contribution in [-0.4, -0.2) is 18.8 Å². The van der Waals surface area contributed by atoms with Crippen LogP contribution < -0.4 is 0 Å². The number of rotatable bonds is 2. The van der Waals surface area contributed by atoms with Crippen LogP contribution in [0.3, 0.4) is 0 Å². The van der Waals surface area contributed by atoms with Gasteiger partial charge in [0.25, 0.3) is 0 Å². The number of carbonyl (C=O) groups is 2. The number of carboxylic acid groups (broad SMARTS) is 2. The van der Waals surface area contributed by atoms with Crippen molar-refractivity contribution in [2.45, 2.75) is 0 Å². The van der Waals surface area contributed by atoms with Crippen LogP contribution in [0.5, 0.6) is 0 Å². The normalized spacial score (nSPS) is 7.43. The van der Waals surface area contributed by atoms with Gasteiger partial charge in [0.1, 0.15) is 0 Å². The van der Waals surface area contributed by atoms with Crippen molar-refractivity contribution in [2.75, 3.05) is 0 Å². The van der Waals surface area contributed by atoms with Gasteiger partial charge in [0.05, 0.1) is 0 Å². The van der Waals surface area contributed by atoms with Crippen molar-refractivity contribution in [3.8, 4) is 0 Å². The Balaban J connectivity index is 3.32. The summed E-state index contributed by atoms with van der Waals surface area (Å²) in [7, 11) is 0. The second kappa shape index (κ2) is 2.77. The molecule has 0 aromatic heterocycles. The minimum atomic E-state index is -1.78. The van der Waals surface area contributed by atoms with Gasteiger partial charge < -0.3 is 0 Å². The molecule has 0 saturated heterocycles. The molecule has 0 aromatic rings. The number of hydrogen-bond donors (Lipinski definition) is 2. The Morgan fingerprint density at radius 3 is 1.43 bits per heavy atom. The fourth-order valence-corrected chi connectivity index (χ4v) is 0.377. The van der Waals surface area contributed by atoms with E-state index in [1.807, 2.05) is 0 Å². The quantitative estimate of drug-likeness (QED) is 0.542. The van der Waals surface area contributed by atoms with E-state index in [4.69, 9.17) is 10.2 Å². The summed E-state index contributed by atoms with van der Waals surface area (Å²) in [6.07, 6.45) is 0. The Hall–Kier alpha value is -0.346. The first-order valence-corrected chi connectivity index (χ1v) is 2.92. The van der Waals surface area contributed by atoms with Gasteiger partial charge >= 0.3 is 47.5 Å². The van der Waals surface area contributed by atoms with Crippen molar-refractivity contribution in [3.05, 3.63) is 0 Å². The van der Waals surface area contributed by atoms with Crippen molar-refractivity contribution in [3.63, 3.8) is 0 Å². The van der Waals surface area contributed by atoms with Crippen molar-refractivity contribution in [2.24, 2.45) is 0 Å². The van der Waals surface area contributed by atoms with E-state index in [-0.39, 0.29) is 0 Å². The molecule has 0 aliphatic heterocycles. The molecule has 0 unspecified atom stereocenters. The van der Waals surface area contributed by atoms with E-state index < -0.39 is 27.7 Å². The molecule has 0 atom stereocenters. The molecule has 0 spiro atoms. The molecule has 0 amide bonds. The molecule has 38 valence electrons. The van der Waals surface area contributed by atoms with E-state index in [0.29, 0.717) is 0 Å². The van der Waals surface area contributed by atoms with Crippen LogP contribution in [0.25, 0.3) is 0 Å². The SMILES string of the molecule is O=[C](O)[Ti][C](=O)O. The fourth-order valence-electron chi connectivity index (χ4n) is 0.0915. The Morgan fingerprint density at radius 2 is 1.43 bits per heavy atom. The first-order valence-electron chi connectivity index (χ1n) is 1.36. The second-order valence-electron chi connectivity index (χ2n) is 0.735. The van der Waals surface area contributed by atoms with Crippen molar-refractivity contribution in [1.29, 1.82) is 0 Å². The van der Waals surface area contributed by atoms with Crippen LogP contribution in [0.1, 0.15) is 0 Å². The summed E-state index contributed by atoms with van der Waals surface area (Å²) < 4.78 is -2.38. The standard InChI is InChI=1S/2CHO2.Ti/c2*2-1-3;/h2*(H,2,3);. The summed E-state index contributed by atoms with van der Waals surface area (Å²) in [4.78, 5) is 19.0. The first-order chi connectivity index (χ1) is 3.13. The Labute approximate surface area is 48.1 Å². The zero-order valence-corrected chi connectivity index (χ0v) is 4.77. The van der Waals surface area contributed by atoms with Crippen LogP contribution in [-0.2, 0) is 19.2 Å². The van der Waals surface area contributed by atoms with E-state index >= 15 is 0 Å². The molecule has 0 bridgehead atoms. The van der Waals surface area contributed by atoms with Crippen LogP contribution in [0.4, 0.5) is 9.59 Å². The van der Waals surface area contributed by atoms with Crippen molar-refractivity contribution >= 4 is 8.55 Å². The second-order valence-corrected chi connectivity index (χ2v) is 2.46. The van der Waals surface area contributed by atoms with Gasteiger partial charge in [0.15, 0.2) is 0 Å². The average molecular weight is 138 g/mol. The van der Waals surface area contributed by atoms with Gasteiger partial charge in [-0.3, -0.25) is 0 Å². The third-order valence-electron chi connectivity index (χ3n) is 0.214. The third-order valence-corrected chi connectivity index (χ3v) is 0.882. The molecule has 0 aliphatic carbocycles. The summed E-state index contributed by atoms with van der Waals surface area (Å²) in [5, 5.41) is 15.5. The van der Waals surface area contributed by atoms with E-state index in [1.54, 1.807) is 0 Å². The van der Waals surface area contributed by atoms with E-state index in [1.165, 1.54) is 0 Å². The molecule has 0 saturated carbocycles. The summed E-state index contributed by atoms with van der Waals surface area (Å²) in [5.41, 5.74) is 0. The zero-order chi connectivity index (χ0) is 5.86. The fraction of sp³-hybridized carbons (Fsp3) is 0. The van der Waals surface area contributed by atoms with E-state index in [0.717, 1.165) is 0 Å². The van der Waals surface area contributed by atoms with E-state index in [2.05, 4.69) is 0 Å². The predicted molar refractivity (Wildman–Crippen MR) is 16.0 cm³/mol. The topological polar surface area (TPSA) is 74.6 Å². The van der Waals surface area contributed by atoms with Gasteiger partial charge in [-0.05, 0) is 0 Å². The molecule has 0 fully saturated rings. The van der Waals surface area contributed by atoms with Crippen molar-refractivity contribution < 1.29 is 39.0 Å². The summed E-state index contributed by atoms with van der Waals surface area (Å²) in [6.45, 7) is 0. The van der Waals surface area contributed by atoms with Gasteiger partial charge in [-0.25, -0.2) is 0 Å². The van der Waals surface area contributed by atoms with Gasteiger partial charge in [-0.1, -0.05) is 0 Å². The molecule has 0 aromatic carbocycles. The maximum absolute atomic E-state index is 9.48. The number of hydrogen-bond acceptors (Lipinski definition) is 2. The Kier molecular flexibility index (Phi) is 2.63. The van der Waals surface area contributed by atoms with E-state index in [9.17, 15) is 9.59 Å². The molecule has 2 N–H and O–H groups in total. The molecule has 7 heavy (non-hydrogen) atoms. The Bertz CT molecular complexity index is 85.9. The molecule has 0 radical (unpaired) electrons. The van der Waals surface area contributed by atoms with Crippen LogP contribution in [0.2, 0.25) is 0 Å². The summed E-state index contributed by atoms with van der Waals surface area (Å²) >= 11 is -1.78. The van der Waals surface area contributed by atoms with Crippen LogP contribution in [0, 0.1) is 0 Å². The first kappa shape index (κ1) is 6.65. The average Bonchev–Trinajstić information content (AvgIpc) is 1.27. The Morgan fingerprint density at radius 1 is 1.14 bits per heavy atom. The molecular weight excluding hydrogens is 136 g/mol. The van der Waals surface area contributed by atoms with Crippen LogP contribution >= 0.6 is 0 Å². The summed E-state index contributed by atoms with van der Waals surface area (Å²) in [5.74, 6) is 0. The minimum absolute atomic E-state index is 1.19. The molecule has 0 rings (SSSR count). The zero-order valence-electron chi connectivity index (χ0n) is 3.21.